The Morgan fingerprint density at radius 2 is 1.96 bits per heavy atom. The molecule has 1 heterocycles. The maximum atomic E-state index is 11.0. The first-order valence-corrected chi connectivity index (χ1v) is 8.67. The van der Waals surface area contributed by atoms with Gasteiger partial charge in [0.15, 0.2) is 0 Å². The second kappa shape index (κ2) is 7.27. The fraction of sp³-hybridized carbons (Fsp3) is 0.412. The molecule has 0 unspecified atom stereocenters. The molecule has 6 heteroatoms. The van der Waals surface area contributed by atoms with Crippen molar-refractivity contribution in [2.24, 2.45) is 5.92 Å². The Bertz CT molecular complexity index is 661. The van der Waals surface area contributed by atoms with Crippen LogP contribution in [-0.2, 0) is 11.3 Å². The van der Waals surface area contributed by atoms with E-state index in [2.05, 4.69) is 26.3 Å². The average Bonchev–Trinajstić information content (AvgIpc) is 3.03. The van der Waals surface area contributed by atoms with E-state index >= 15 is 0 Å². The van der Waals surface area contributed by atoms with Crippen LogP contribution in [0.15, 0.2) is 41.1 Å². The van der Waals surface area contributed by atoms with E-state index in [4.69, 9.17) is 5.11 Å². The third kappa shape index (κ3) is 4.20. The first kappa shape index (κ1) is 16.2. The number of aliphatic carboxylic acids is 1. The van der Waals surface area contributed by atoms with Crippen molar-refractivity contribution >= 4 is 21.9 Å². The highest BCUT2D eigenvalue weighted by Crippen LogP contribution is 2.24. The van der Waals surface area contributed by atoms with Crippen LogP contribution in [0.1, 0.15) is 31.2 Å². The zero-order valence-corrected chi connectivity index (χ0v) is 14.4. The first-order valence-electron chi connectivity index (χ1n) is 7.87. The van der Waals surface area contributed by atoms with E-state index in [1.165, 1.54) is 0 Å². The molecule has 122 valence electrons. The molecule has 2 N–H and O–H groups in total. The lowest BCUT2D eigenvalue weighted by molar-refractivity contribution is -0.142. The molecule has 23 heavy (non-hydrogen) atoms. The van der Waals surface area contributed by atoms with Gasteiger partial charge in [-0.1, -0.05) is 15.9 Å². The van der Waals surface area contributed by atoms with Crippen LogP contribution in [0.5, 0.6) is 0 Å². The molecule has 0 spiro atoms. The Morgan fingerprint density at radius 1 is 1.26 bits per heavy atom. The number of nitrogens with one attached hydrogen (secondary N) is 1. The van der Waals surface area contributed by atoms with Gasteiger partial charge in [0.25, 0.3) is 0 Å². The van der Waals surface area contributed by atoms with Crippen molar-refractivity contribution in [1.29, 1.82) is 0 Å². The van der Waals surface area contributed by atoms with Gasteiger partial charge in [0.2, 0.25) is 0 Å². The molecule has 0 radical (unpaired) electrons. The second-order valence-electron chi connectivity index (χ2n) is 6.04. The van der Waals surface area contributed by atoms with Crippen LogP contribution in [0.2, 0.25) is 0 Å². The summed E-state index contributed by atoms with van der Waals surface area (Å²) >= 11 is 3.43. The van der Waals surface area contributed by atoms with Crippen LogP contribution < -0.4 is 5.32 Å². The molecule has 1 aromatic carbocycles. The van der Waals surface area contributed by atoms with Gasteiger partial charge in [-0.15, -0.1) is 0 Å². The number of carboxylic acids is 1. The molecule has 1 aliphatic rings. The lowest BCUT2D eigenvalue weighted by Crippen LogP contribution is -2.34. The number of carbonyl (C=O) groups is 1. The van der Waals surface area contributed by atoms with Gasteiger partial charge in [-0.3, -0.25) is 4.79 Å². The molecule has 0 aliphatic heterocycles. The van der Waals surface area contributed by atoms with Crippen LogP contribution in [0.3, 0.4) is 0 Å². The van der Waals surface area contributed by atoms with Gasteiger partial charge in [-0.2, -0.15) is 5.10 Å². The molecular weight excluding hydrogens is 358 g/mol. The van der Waals surface area contributed by atoms with Crippen LogP contribution in [0.4, 0.5) is 0 Å². The summed E-state index contributed by atoms with van der Waals surface area (Å²) in [4.78, 5) is 11.0. The Morgan fingerprint density at radius 3 is 2.61 bits per heavy atom. The monoisotopic (exact) mass is 377 g/mol. The predicted octanol–water partition coefficient (Wildman–Crippen LogP) is 3.37. The summed E-state index contributed by atoms with van der Waals surface area (Å²) in [5.74, 6) is -0.813. The predicted molar refractivity (Wildman–Crippen MR) is 91.5 cm³/mol. The topological polar surface area (TPSA) is 67.2 Å². The van der Waals surface area contributed by atoms with Crippen molar-refractivity contribution in [3.63, 3.8) is 0 Å². The minimum absolute atomic E-state index is 0.159. The highest BCUT2D eigenvalue weighted by atomic mass is 79.9. The number of benzene rings is 1. The largest absolute Gasteiger partial charge is 0.481 e. The maximum Gasteiger partial charge on any atom is 0.306 e. The summed E-state index contributed by atoms with van der Waals surface area (Å²) in [6.45, 7) is 0.763. The summed E-state index contributed by atoms with van der Waals surface area (Å²) in [5.41, 5.74) is 2.16. The Labute approximate surface area is 143 Å². The molecule has 0 atom stereocenters. The van der Waals surface area contributed by atoms with E-state index in [0.717, 1.165) is 48.0 Å². The van der Waals surface area contributed by atoms with Gasteiger partial charge >= 0.3 is 5.97 Å². The highest BCUT2D eigenvalue weighted by molar-refractivity contribution is 9.10. The van der Waals surface area contributed by atoms with E-state index in [-0.39, 0.29) is 5.92 Å². The average molecular weight is 378 g/mol. The van der Waals surface area contributed by atoms with Gasteiger partial charge in [0, 0.05) is 28.8 Å². The molecule has 2 aromatic rings. The van der Waals surface area contributed by atoms with E-state index in [1.54, 1.807) is 0 Å². The third-order valence-electron chi connectivity index (χ3n) is 4.40. The van der Waals surface area contributed by atoms with Crippen LogP contribution >= 0.6 is 15.9 Å². The number of hydrogen-bond acceptors (Lipinski definition) is 3. The summed E-state index contributed by atoms with van der Waals surface area (Å²) in [7, 11) is 0. The summed E-state index contributed by atoms with van der Waals surface area (Å²) < 4.78 is 2.91. The number of halogens is 1. The number of carboxylic acid groups (broad SMARTS) is 1. The fourth-order valence-corrected chi connectivity index (χ4v) is 3.26. The minimum atomic E-state index is -0.653. The summed E-state index contributed by atoms with van der Waals surface area (Å²) in [6, 6.07) is 8.43. The van der Waals surface area contributed by atoms with Crippen molar-refractivity contribution in [2.75, 3.05) is 0 Å². The molecule has 1 fully saturated rings. The van der Waals surface area contributed by atoms with Crippen molar-refractivity contribution in [3.05, 3.63) is 46.7 Å². The number of hydrogen-bond donors (Lipinski definition) is 2. The number of nitrogens with zero attached hydrogens (tertiary/aromatic N) is 2. The maximum absolute atomic E-state index is 11.0. The third-order valence-corrected chi connectivity index (χ3v) is 4.93. The molecule has 5 nitrogen and oxygen atoms in total. The van der Waals surface area contributed by atoms with Crippen LogP contribution in [-0.4, -0.2) is 26.9 Å². The number of rotatable bonds is 5. The van der Waals surface area contributed by atoms with Crippen LogP contribution in [0.25, 0.3) is 5.69 Å². The number of aromatic nitrogens is 2. The molecule has 3 rings (SSSR count). The SMILES string of the molecule is O=C(O)C1CCC(NCc2cnn(-c3ccc(Br)cc3)c2)CC1. The molecule has 0 saturated heterocycles. The normalized spacial score (nSPS) is 21.3. The highest BCUT2D eigenvalue weighted by Gasteiger charge is 2.25. The summed E-state index contributed by atoms with van der Waals surface area (Å²) in [5, 5.41) is 16.9. The first-order chi connectivity index (χ1) is 11.1. The Kier molecular flexibility index (Phi) is 5.13. The van der Waals surface area contributed by atoms with E-state index in [9.17, 15) is 4.79 Å². The second-order valence-corrected chi connectivity index (χ2v) is 6.95. The lowest BCUT2D eigenvalue weighted by atomic mass is 9.86. The molecule has 0 bridgehead atoms. The summed E-state index contributed by atoms with van der Waals surface area (Å²) in [6.07, 6.45) is 7.29. The van der Waals surface area contributed by atoms with Crippen molar-refractivity contribution < 1.29 is 9.90 Å². The Balaban J connectivity index is 1.52. The molecule has 1 aromatic heterocycles. The fourth-order valence-electron chi connectivity index (χ4n) is 2.99. The van der Waals surface area contributed by atoms with Gasteiger partial charge in [-0.25, -0.2) is 4.68 Å². The van der Waals surface area contributed by atoms with Gasteiger partial charge in [-0.05, 0) is 49.9 Å². The lowest BCUT2D eigenvalue weighted by Gasteiger charge is -2.26. The van der Waals surface area contributed by atoms with Crippen molar-refractivity contribution in [2.45, 2.75) is 38.3 Å². The van der Waals surface area contributed by atoms with E-state index in [0.29, 0.717) is 6.04 Å². The van der Waals surface area contributed by atoms with Crippen LogP contribution in [0, 0.1) is 5.92 Å². The molecule has 1 saturated carbocycles. The van der Waals surface area contributed by atoms with Crippen molar-refractivity contribution in [1.82, 2.24) is 15.1 Å². The van der Waals surface area contributed by atoms with E-state index < -0.39 is 5.97 Å². The van der Waals surface area contributed by atoms with Crippen molar-refractivity contribution in [3.8, 4) is 5.69 Å². The molecule has 1 aliphatic carbocycles. The smallest absolute Gasteiger partial charge is 0.306 e. The Hall–Kier alpha value is -1.66. The quantitative estimate of drug-likeness (QED) is 0.837. The van der Waals surface area contributed by atoms with E-state index in [1.807, 2.05) is 41.3 Å². The zero-order chi connectivity index (χ0) is 16.2. The standard InChI is InChI=1S/C17H20BrN3O2/c18-14-3-7-16(8-4-14)21-11-12(10-20-21)9-19-15-5-1-13(2-6-15)17(22)23/h3-4,7-8,10-11,13,15,19H,1-2,5-6,9H2,(H,22,23). The van der Waals surface area contributed by atoms with Gasteiger partial charge in [0.05, 0.1) is 17.8 Å². The molecule has 0 amide bonds. The molecular formula is C17H20BrN3O2. The zero-order valence-electron chi connectivity index (χ0n) is 12.8. The minimum Gasteiger partial charge on any atom is -0.481 e. The van der Waals surface area contributed by atoms with Gasteiger partial charge < -0.3 is 10.4 Å². The van der Waals surface area contributed by atoms with Gasteiger partial charge in [0.1, 0.15) is 0 Å².